The molecule has 1 aromatic heterocycles. The second-order valence-electron chi connectivity index (χ2n) is 4.99. The molecule has 1 heterocycles. The first-order chi connectivity index (χ1) is 10.1. The van der Waals surface area contributed by atoms with Gasteiger partial charge >= 0.3 is 0 Å². The van der Waals surface area contributed by atoms with Gasteiger partial charge in [0, 0.05) is 12.1 Å². The maximum atomic E-state index is 12.1. The van der Waals surface area contributed by atoms with Crippen molar-refractivity contribution in [3.63, 3.8) is 0 Å². The van der Waals surface area contributed by atoms with E-state index >= 15 is 0 Å². The third-order valence-electron chi connectivity index (χ3n) is 3.32. The number of hydrogen-bond donors (Lipinski definition) is 3. The molecule has 0 saturated heterocycles. The fourth-order valence-corrected chi connectivity index (χ4v) is 2.37. The van der Waals surface area contributed by atoms with Crippen molar-refractivity contribution in [1.82, 2.24) is 15.3 Å². The van der Waals surface area contributed by atoms with Crippen molar-refractivity contribution in [2.24, 2.45) is 0 Å². The molecule has 2 aromatic rings. The van der Waals surface area contributed by atoms with Crippen LogP contribution < -0.4 is 10.9 Å². The standard InChI is InChI=1S/C15H19N3O2S/c1-2-3-4-5-8-16-13(19)10-6-7-11-12(9-10)17-15(21)18-14(11)20/h6-7,9H,2-5,8H2,1H3,(H,16,19)(H2,17,18,20,21). The van der Waals surface area contributed by atoms with Gasteiger partial charge in [-0.15, -0.1) is 0 Å². The highest BCUT2D eigenvalue weighted by Crippen LogP contribution is 2.10. The number of fused-ring (bicyclic) bond motifs is 1. The van der Waals surface area contributed by atoms with Gasteiger partial charge in [-0.2, -0.15) is 0 Å². The molecule has 0 saturated carbocycles. The first-order valence-electron chi connectivity index (χ1n) is 7.16. The first kappa shape index (κ1) is 15.4. The van der Waals surface area contributed by atoms with E-state index in [9.17, 15) is 9.59 Å². The zero-order valence-electron chi connectivity index (χ0n) is 12.0. The van der Waals surface area contributed by atoms with Crippen molar-refractivity contribution in [3.8, 4) is 0 Å². The molecule has 0 bridgehead atoms. The lowest BCUT2D eigenvalue weighted by molar-refractivity contribution is 0.0953. The molecular formula is C15H19N3O2S. The molecule has 0 aliphatic heterocycles. The molecule has 6 heteroatoms. The van der Waals surface area contributed by atoms with Gasteiger partial charge in [0.1, 0.15) is 0 Å². The summed E-state index contributed by atoms with van der Waals surface area (Å²) in [6, 6.07) is 4.93. The van der Waals surface area contributed by atoms with Crippen LogP contribution in [0.5, 0.6) is 0 Å². The Bertz CT molecular complexity index is 748. The highest BCUT2D eigenvalue weighted by Gasteiger charge is 2.07. The van der Waals surface area contributed by atoms with Crippen molar-refractivity contribution in [2.45, 2.75) is 32.6 Å². The van der Waals surface area contributed by atoms with Crippen LogP contribution in [0.4, 0.5) is 0 Å². The summed E-state index contributed by atoms with van der Waals surface area (Å²) in [6.07, 6.45) is 4.46. The van der Waals surface area contributed by atoms with E-state index in [-0.39, 0.29) is 16.2 Å². The van der Waals surface area contributed by atoms with Gasteiger partial charge < -0.3 is 10.3 Å². The Morgan fingerprint density at radius 3 is 2.81 bits per heavy atom. The van der Waals surface area contributed by atoms with Crippen LogP contribution in [-0.2, 0) is 0 Å². The van der Waals surface area contributed by atoms with Gasteiger partial charge in [-0.1, -0.05) is 26.2 Å². The summed E-state index contributed by atoms with van der Waals surface area (Å²) < 4.78 is 0.254. The number of carbonyl (C=O) groups is 1. The number of aromatic nitrogens is 2. The SMILES string of the molecule is CCCCCCNC(=O)c1ccc2c(=O)[nH]c(=S)[nH]c2c1. The fourth-order valence-electron chi connectivity index (χ4n) is 2.17. The van der Waals surface area contributed by atoms with E-state index in [2.05, 4.69) is 22.2 Å². The Kier molecular flexibility index (Phi) is 5.27. The number of carbonyl (C=O) groups excluding carboxylic acids is 1. The Balaban J connectivity index is 2.10. The predicted molar refractivity (Wildman–Crippen MR) is 86.2 cm³/mol. The highest BCUT2D eigenvalue weighted by atomic mass is 32.1. The van der Waals surface area contributed by atoms with Gasteiger partial charge in [0.25, 0.3) is 11.5 Å². The molecule has 1 aromatic carbocycles. The minimum atomic E-state index is -0.250. The van der Waals surface area contributed by atoms with E-state index in [0.717, 1.165) is 12.8 Å². The summed E-state index contributed by atoms with van der Waals surface area (Å²) in [5.74, 6) is -0.131. The molecule has 3 N–H and O–H groups in total. The quantitative estimate of drug-likeness (QED) is 0.567. The molecule has 112 valence electrons. The first-order valence-corrected chi connectivity index (χ1v) is 7.57. The summed E-state index contributed by atoms with van der Waals surface area (Å²) in [5.41, 5.74) is 0.844. The molecule has 0 aliphatic rings. The average Bonchev–Trinajstić information content (AvgIpc) is 2.46. The molecule has 0 atom stereocenters. The Morgan fingerprint density at radius 2 is 2.05 bits per heavy atom. The smallest absolute Gasteiger partial charge is 0.259 e. The molecule has 0 aliphatic carbocycles. The number of nitrogens with one attached hydrogen (secondary N) is 3. The fraction of sp³-hybridized carbons (Fsp3) is 0.400. The van der Waals surface area contributed by atoms with Gasteiger partial charge in [0.05, 0.1) is 10.9 Å². The van der Waals surface area contributed by atoms with Crippen molar-refractivity contribution in [3.05, 3.63) is 38.9 Å². The number of rotatable bonds is 6. The van der Waals surface area contributed by atoms with Crippen LogP contribution in [0.25, 0.3) is 10.9 Å². The second-order valence-corrected chi connectivity index (χ2v) is 5.39. The third-order valence-corrected chi connectivity index (χ3v) is 3.52. The van der Waals surface area contributed by atoms with Crippen molar-refractivity contribution in [1.29, 1.82) is 0 Å². The number of H-pyrrole nitrogens is 2. The molecule has 0 radical (unpaired) electrons. The number of hydrogen-bond acceptors (Lipinski definition) is 3. The van der Waals surface area contributed by atoms with Gasteiger partial charge in [0.15, 0.2) is 4.77 Å². The van der Waals surface area contributed by atoms with E-state index in [1.165, 1.54) is 12.8 Å². The minimum absolute atomic E-state index is 0.131. The number of amides is 1. The van der Waals surface area contributed by atoms with E-state index in [4.69, 9.17) is 12.2 Å². The van der Waals surface area contributed by atoms with Crippen LogP contribution in [0.1, 0.15) is 43.0 Å². The van der Waals surface area contributed by atoms with E-state index in [1.807, 2.05) is 0 Å². The molecule has 0 fully saturated rings. The van der Waals surface area contributed by atoms with Crippen LogP contribution in [0.15, 0.2) is 23.0 Å². The Labute approximate surface area is 127 Å². The molecule has 0 unspecified atom stereocenters. The maximum Gasteiger partial charge on any atom is 0.259 e. The van der Waals surface area contributed by atoms with Gasteiger partial charge in [0.2, 0.25) is 0 Å². The monoisotopic (exact) mass is 305 g/mol. The van der Waals surface area contributed by atoms with E-state index in [0.29, 0.717) is 23.0 Å². The predicted octanol–water partition coefficient (Wildman–Crippen LogP) is 2.90. The highest BCUT2D eigenvalue weighted by molar-refractivity contribution is 7.71. The zero-order chi connectivity index (χ0) is 15.2. The van der Waals surface area contributed by atoms with Crippen molar-refractivity contribution < 1.29 is 4.79 Å². The van der Waals surface area contributed by atoms with Crippen molar-refractivity contribution in [2.75, 3.05) is 6.54 Å². The van der Waals surface area contributed by atoms with Crippen molar-refractivity contribution >= 4 is 29.0 Å². The topological polar surface area (TPSA) is 77.8 Å². The summed E-state index contributed by atoms with van der Waals surface area (Å²) in [7, 11) is 0. The number of aromatic amines is 2. The lowest BCUT2D eigenvalue weighted by atomic mass is 10.1. The molecule has 1 amide bonds. The summed E-state index contributed by atoms with van der Waals surface area (Å²) in [5, 5.41) is 3.38. The average molecular weight is 305 g/mol. The van der Waals surface area contributed by atoms with Crippen LogP contribution in [-0.4, -0.2) is 22.4 Å². The molecule has 2 rings (SSSR count). The number of benzene rings is 1. The summed E-state index contributed by atoms with van der Waals surface area (Å²) in [4.78, 5) is 29.2. The van der Waals surface area contributed by atoms with Crippen LogP contribution >= 0.6 is 12.2 Å². The molecule has 21 heavy (non-hydrogen) atoms. The molecular weight excluding hydrogens is 286 g/mol. The van der Waals surface area contributed by atoms with Crippen LogP contribution in [0.2, 0.25) is 0 Å². The number of unbranched alkanes of at least 4 members (excludes halogenated alkanes) is 3. The van der Waals surface area contributed by atoms with Crippen LogP contribution in [0, 0.1) is 4.77 Å². The summed E-state index contributed by atoms with van der Waals surface area (Å²) in [6.45, 7) is 2.82. The third kappa shape index (κ3) is 4.01. The van der Waals surface area contributed by atoms with Gasteiger partial charge in [-0.25, -0.2) is 0 Å². The minimum Gasteiger partial charge on any atom is -0.352 e. The maximum absolute atomic E-state index is 12.1. The largest absolute Gasteiger partial charge is 0.352 e. The summed E-state index contributed by atoms with van der Waals surface area (Å²) >= 11 is 4.93. The van der Waals surface area contributed by atoms with Gasteiger partial charge in [-0.05, 0) is 36.8 Å². The van der Waals surface area contributed by atoms with E-state index in [1.54, 1.807) is 18.2 Å². The second kappa shape index (κ2) is 7.17. The van der Waals surface area contributed by atoms with Gasteiger partial charge in [-0.3, -0.25) is 14.6 Å². The van der Waals surface area contributed by atoms with Crippen LogP contribution in [0.3, 0.4) is 0 Å². The normalized spacial score (nSPS) is 10.7. The lowest BCUT2D eigenvalue weighted by Crippen LogP contribution is -2.24. The Morgan fingerprint density at radius 1 is 1.24 bits per heavy atom. The lowest BCUT2D eigenvalue weighted by Gasteiger charge is -2.06. The zero-order valence-corrected chi connectivity index (χ0v) is 12.8. The molecule has 0 spiro atoms. The van der Waals surface area contributed by atoms with E-state index < -0.39 is 0 Å². The molecule has 5 nitrogen and oxygen atoms in total. The Hall–Kier alpha value is -1.95.